The van der Waals surface area contributed by atoms with E-state index >= 15 is 0 Å². The number of benzene rings is 8. The average Bonchev–Trinajstić information content (AvgIpc) is 3.83. The summed E-state index contributed by atoms with van der Waals surface area (Å²) in [5.41, 5.74) is 15.1. The van der Waals surface area contributed by atoms with Gasteiger partial charge in [0.1, 0.15) is 11.2 Å². The average molecular weight is 782 g/mol. The molecule has 0 saturated carbocycles. The van der Waals surface area contributed by atoms with E-state index < -0.39 is 0 Å². The van der Waals surface area contributed by atoms with Gasteiger partial charge in [-0.25, -0.2) is 0 Å². The molecule has 0 fully saturated rings. The quantitative estimate of drug-likeness (QED) is 0.167. The third kappa shape index (κ3) is 6.70. The van der Waals surface area contributed by atoms with E-state index in [4.69, 9.17) is 4.42 Å². The molecule has 2 aromatic heterocycles. The highest BCUT2D eigenvalue weighted by Gasteiger charge is 2.20. The maximum Gasteiger partial charge on any atom is 0.144 e. The molecule has 0 aliphatic rings. The molecular weight excluding hydrogens is 735 g/mol. The first-order chi connectivity index (χ1) is 28.5. The number of fused-ring (bicyclic) bond motifs is 7. The van der Waals surface area contributed by atoms with Crippen LogP contribution in [0.4, 0.5) is 17.1 Å². The van der Waals surface area contributed by atoms with Gasteiger partial charge < -0.3 is 9.32 Å². The van der Waals surface area contributed by atoms with E-state index in [2.05, 4.69) is 222 Å². The van der Waals surface area contributed by atoms with E-state index in [1.807, 2.05) is 11.3 Å². The molecule has 0 aliphatic heterocycles. The molecule has 0 N–H and O–H groups in total. The monoisotopic (exact) mass is 781 g/mol. The summed E-state index contributed by atoms with van der Waals surface area (Å²) >= 11 is 1.82. The number of hydrogen-bond donors (Lipinski definition) is 0. The van der Waals surface area contributed by atoms with E-state index in [1.54, 1.807) is 0 Å². The lowest BCUT2D eigenvalue weighted by Crippen LogP contribution is -2.10. The summed E-state index contributed by atoms with van der Waals surface area (Å²) in [5, 5.41) is 4.75. The van der Waals surface area contributed by atoms with Crippen molar-refractivity contribution in [2.75, 3.05) is 4.90 Å². The first-order valence-electron chi connectivity index (χ1n) is 20.6. The van der Waals surface area contributed by atoms with Crippen molar-refractivity contribution in [2.45, 2.75) is 52.4 Å². The smallest absolute Gasteiger partial charge is 0.144 e. The lowest BCUT2D eigenvalue weighted by Gasteiger charge is -2.26. The second kappa shape index (κ2) is 14.1. The van der Waals surface area contributed by atoms with Crippen LogP contribution in [0, 0.1) is 0 Å². The van der Waals surface area contributed by atoms with Gasteiger partial charge in [0, 0.05) is 53.6 Å². The summed E-state index contributed by atoms with van der Waals surface area (Å²) in [4.78, 5) is 2.35. The van der Waals surface area contributed by atoms with Crippen LogP contribution in [0.2, 0.25) is 0 Å². The van der Waals surface area contributed by atoms with Crippen LogP contribution in [0.15, 0.2) is 180 Å². The van der Waals surface area contributed by atoms with Gasteiger partial charge in [0.2, 0.25) is 0 Å². The van der Waals surface area contributed by atoms with E-state index in [9.17, 15) is 0 Å². The number of anilines is 3. The molecule has 59 heavy (non-hydrogen) atoms. The maximum absolute atomic E-state index is 6.87. The first-order valence-corrected chi connectivity index (χ1v) is 21.4. The second-order valence-electron chi connectivity index (χ2n) is 17.8. The molecule has 2 nitrogen and oxygen atoms in total. The summed E-state index contributed by atoms with van der Waals surface area (Å²) in [6.07, 6.45) is 0. The minimum absolute atomic E-state index is 0.120. The van der Waals surface area contributed by atoms with Crippen molar-refractivity contribution in [2.24, 2.45) is 0 Å². The number of thiophene rings is 1. The van der Waals surface area contributed by atoms with Gasteiger partial charge in [0.25, 0.3) is 0 Å². The molecule has 0 radical (unpaired) electrons. The number of hydrogen-bond acceptors (Lipinski definition) is 3. The Bertz CT molecular complexity index is 3020. The van der Waals surface area contributed by atoms with Gasteiger partial charge in [-0.05, 0) is 104 Å². The standard InChI is InChI=1S/C56H47NOS/c1-55(2,3)41-24-14-36(15-25-41)38-18-28-43(29-19-38)57(44-30-20-39(21-31-44)37-16-26-42(27-17-37)56(4,5)6)45-32-22-40(23-33-45)46-11-9-12-47-48-34-35-51-52(54(48)58-53(46)47)49-10-7-8-13-50(49)59-51/h7-35H,1-6H3. The molecule has 0 bridgehead atoms. The zero-order valence-corrected chi connectivity index (χ0v) is 35.3. The van der Waals surface area contributed by atoms with Crippen LogP contribution in [-0.2, 0) is 10.8 Å². The van der Waals surface area contributed by atoms with Crippen molar-refractivity contribution in [1.82, 2.24) is 0 Å². The molecule has 0 unspecified atom stereocenters. The van der Waals surface area contributed by atoms with E-state index in [-0.39, 0.29) is 10.8 Å². The molecular formula is C56H47NOS. The van der Waals surface area contributed by atoms with Crippen molar-refractivity contribution >= 4 is 70.5 Å². The topological polar surface area (TPSA) is 16.4 Å². The summed E-state index contributed by atoms with van der Waals surface area (Å²) in [6, 6.07) is 64.5. The Morgan fingerprint density at radius 2 is 0.814 bits per heavy atom. The van der Waals surface area contributed by atoms with Gasteiger partial charge in [0.15, 0.2) is 0 Å². The van der Waals surface area contributed by atoms with Crippen molar-refractivity contribution in [3.8, 4) is 33.4 Å². The van der Waals surface area contributed by atoms with Crippen molar-refractivity contribution < 1.29 is 4.42 Å². The molecule has 0 spiro atoms. The molecule has 3 heteroatoms. The number of rotatable bonds is 6. The zero-order valence-electron chi connectivity index (χ0n) is 34.5. The van der Waals surface area contributed by atoms with Gasteiger partial charge in [0.05, 0.1) is 0 Å². The van der Waals surface area contributed by atoms with Crippen molar-refractivity contribution in [3.63, 3.8) is 0 Å². The zero-order chi connectivity index (χ0) is 40.5. The van der Waals surface area contributed by atoms with Gasteiger partial charge in [-0.1, -0.05) is 163 Å². The Morgan fingerprint density at radius 1 is 0.373 bits per heavy atom. The van der Waals surface area contributed by atoms with Gasteiger partial charge >= 0.3 is 0 Å². The normalized spacial score (nSPS) is 12.2. The van der Waals surface area contributed by atoms with Crippen LogP contribution in [0.5, 0.6) is 0 Å². The third-order valence-electron chi connectivity index (χ3n) is 11.9. The van der Waals surface area contributed by atoms with Crippen LogP contribution in [0.3, 0.4) is 0 Å². The molecule has 0 amide bonds. The molecule has 10 aromatic rings. The summed E-state index contributed by atoms with van der Waals surface area (Å²) in [5.74, 6) is 0. The fraction of sp³-hybridized carbons (Fsp3) is 0.143. The molecule has 0 atom stereocenters. The highest BCUT2D eigenvalue weighted by molar-refractivity contribution is 7.26. The Labute approximate surface area is 351 Å². The number of para-hydroxylation sites is 1. The SMILES string of the molecule is CC(C)(C)c1ccc(-c2ccc(N(c3ccc(-c4ccc(C(C)(C)C)cc4)cc3)c3ccc(-c4cccc5c4oc4c5ccc5sc6ccccc6c54)cc3)cc2)cc1. The highest BCUT2D eigenvalue weighted by Crippen LogP contribution is 2.44. The van der Waals surface area contributed by atoms with Crippen LogP contribution in [0.1, 0.15) is 52.7 Å². The number of furan rings is 1. The molecule has 288 valence electrons. The Balaban J connectivity index is 1.03. The molecule has 0 saturated heterocycles. The Kier molecular flexibility index (Phi) is 8.85. The minimum atomic E-state index is 0.120. The largest absolute Gasteiger partial charge is 0.455 e. The minimum Gasteiger partial charge on any atom is -0.455 e. The van der Waals surface area contributed by atoms with Gasteiger partial charge in [-0.15, -0.1) is 11.3 Å². The number of nitrogens with zero attached hydrogens (tertiary/aromatic N) is 1. The van der Waals surface area contributed by atoms with E-state index in [1.165, 1.54) is 53.6 Å². The van der Waals surface area contributed by atoms with Gasteiger partial charge in [-0.2, -0.15) is 0 Å². The lowest BCUT2D eigenvalue weighted by atomic mass is 9.86. The van der Waals surface area contributed by atoms with Crippen LogP contribution in [-0.4, -0.2) is 0 Å². The van der Waals surface area contributed by atoms with Crippen LogP contribution >= 0.6 is 11.3 Å². The predicted octanol–water partition coefficient (Wildman–Crippen LogP) is 17.0. The fourth-order valence-corrected chi connectivity index (χ4v) is 9.56. The maximum atomic E-state index is 6.87. The summed E-state index contributed by atoms with van der Waals surface area (Å²) < 4.78 is 9.41. The molecule has 0 aliphatic carbocycles. The molecule has 10 rings (SSSR count). The highest BCUT2D eigenvalue weighted by atomic mass is 32.1. The Morgan fingerprint density at radius 3 is 1.32 bits per heavy atom. The van der Waals surface area contributed by atoms with Crippen molar-refractivity contribution in [1.29, 1.82) is 0 Å². The second-order valence-corrected chi connectivity index (χ2v) is 18.9. The lowest BCUT2D eigenvalue weighted by molar-refractivity contribution is 0.590. The summed E-state index contributed by atoms with van der Waals surface area (Å²) in [7, 11) is 0. The van der Waals surface area contributed by atoms with Gasteiger partial charge in [-0.3, -0.25) is 0 Å². The van der Waals surface area contributed by atoms with Crippen LogP contribution in [0.25, 0.3) is 75.5 Å². The van der Waals surface area contributed by atoms with Crippen molar-refractivity contribution in [3.05, 3.63) is 187 Å². The molecule has 8 aromatic carbocycles. The van der Waals surface area contributed by atoms with E-state index in [0.29, 0.717) is 0 Å². The van der Waals surface area contributed by atoms with Crippen LogP contribution < -0.4 is 4.90 Å². The predicted molar refractivity (Wildman–Crippen MR) is 255 cm³/mol. The first kappa shape index (κ1) is 36.9. The fourth-order valence-electron chi connectivity index (χ4n) is 8.46. The Hall–Kier alpha value is -6.42. The van der Waals surface area contributed by atoms with E-state index in [0.717, 1.165) is 50.1 Å². The molecule has 2 heterocycles. The third-order valence-corrected chi connectivity index (χ3v) is 13.0. The summed E-state index contributed by atoms with van der Waals surface area (Å²) in [6.45, 7) is 13.6.